The number of aliphatic imine (C=N–C) groups is 1. The van der Waals surface area contributed by atoms with Gasteiger partial charge < -0.3 is 25.3 Å². The van der Waals surface area contributed by atoms with Crippen LogP contribution in [-0.2, 0) is 16.0 Å². The van der Waals surface area contributed by atoms with Crippen LogP contribution in [0.15, 0.2) is 80.8 Å². The number of rotatable bonds is 10. The second-order valence-electron chi connectivity index (χ2n) is 11.6. The molecule has 3 aromatic rings. The van der Waals surface area contributed by atoms with E-state index in [1.54, 1.807) is 4.57 Å². The van der Waals surface area contributed by atoms with Crippen LogP contribution in [0.4, 0.5) is 0 Å². The standard InChI is InChI=1S/C36H40ClN5O4/c1-3-25-7-8-27-20-31(30-10-9-26(21-32(30)37)33-13-17-45-23(2)39-33)36(43)42(22-24-5-4-6-29(19-24)46-18-14-38)35(27)41-34(25)40-28-11-15-44-16-12-28/h4-6,8-10,13,19-21,28,40H,3,7,11-12,14-18,22,38H2,1-2H3. The molecule has 0 spiro atoms. The minimum Gasteiger partial charge on any atom is -0.492 e. The summed E-state index contributed by atoms with van der Waals surface area (Å²) in [5.74, 6) is 2.15. The van der Waals surface area contributed by atoms with Gasteiger partial charge in [0.25, 0.3) is 5.56 Å². The molecule has 2 aromatic carbocycles. The number of pyridine rings is 1. The number of allylic oxidation sites excluding steroid dienone is 1. The SMILES string of the molecule is CCC1=C(NC2CCOCC2)N=c2c(cc(-c3ccc(C4=CCOC(C)=N4)cc3Cl)c(=O)n2Cc2cccc(OCCN)c2)=CC1. The van der Waals surface area contributed by atoms with Gasteiger partial charge in [0.2, 0.25) is 0 Å². The minimum absolute atomic E-state index is 0.177. The molecule has 9 nitrogen and oxygen atoms in total. The van der Waals surface area contributed by atoms with Crippen molar-refractivity contribution < 1.29 is 14.2 Å². The first kappa shape index (κ1) is 31.8. The number of ether oxygens (including phenoxy) is 3. The Morgan fingerprint density at radius 2 is 1.93 bits per heavy atom. The van der Waals surface area contributed by atoms with Gasteiger partial charge in [0.1, 0.15) is 30.3 Å². The fourth-order valence-corrected chi connectivity index (χ4v) is 6.23. The van der Waals surface area contributed by atoms with Crippen molar-refractivity contribution in [2.24, 2.45) is 15.7 Å². The Morgan fingerprint density at radius 1 is 1.09 bits per heavy atom. The molecular formula is C36H40ClN5O4. The lowest BCUT2D eigenvalue weighted by molar-refractivity contribution is 0.0802. The van der Waals surface area contributed by atoms with Gasteiger partial charge in [-0.15, -0.1) is 0 Å². The molecule has 0 bridgehead atoms. The van der Waals surface area contributed by atoms with Gasteiger partial charge >= 0.3 is 0 Å². The Morgan fingerprint density at radius 3 is 2.70 bits per heavy atom. The van der Waals surface area contributed by atoms with Crippen LogP contribution in [0.25, 0.3) is 22.9 Å². The second kappa shape index (κ2) is 14.5. The monoisotopic (exact) mass is 641 g/mol. The smallest absolute Gasteiger partial charge is 0.260 e. The van der Waals surface area contributed by atoms with Crippen molar-refractivity contribution in [2.45, 2.75) is 52.1 Å². The number of aromatic nitrogens is 1. The summed E-state index contributed by atoms with van der Waals surface area (Å²) < 4.78 is 18.6. The van der Waals surface area contributed by atoms with Crippen molar-refractivity contribution >= 4 is 29.3 Å². The first-order chi connectivity index (χ1) is 22.4. The Kier molecular flexibility index (Phi) is 10.0. The van der Waals surface area contributed by atoms with E-state index in [1.165, 1.54) is 5.57 Å². The topological polar surface area (TPSA) is 112 Å². The zero-order valence-electron chi connectivity index (χ0n) is 26.4. The molecule has 240 valence electrons. The van der Waals surface area contributed by atoms with E-state index in [0.29, 0.717) is 59.6 Å². The molecule has 1 saturated heterocycles. The molecule has 10 heteroatoms. The molecule has 1 fully saturated rings. The zero-order chi connectivity index (χ0) is 32.0. The number of hydrogen-bond acceptors (Lipinski definition) is 8. The van der Waals surface area contributed by atoms with E-state index >= 15 is 0 Å². The Hall–Kier alpha value is -4.18. The van der Waals surface area contributed by atoms with Gasteiger partial charge in [0.15, 0.2) is 5.90 Å². The zero-order valence-corrected chi connectivity index (χ0v) is 27.1. The third kappa shape index (κ3) is 7.12. The van der Waals surface area contributed by atoms with Crippen molar-refractivity contribution in [3.05, 3.63) is 103 Å². The molecule has 6 rings (SSSR count). The molecular weight excluding hydrogens is 602 g/mol. The van der Waals surface area contributed by atoms with Crippen LogP contribution in [0.2, 0.25) is 5.02 Å². The summed E-state index contributed by atoms with van der Waals surface area (Å²) in [5.41, 5.74) is 11.0. The quantitative estimate of drug-likeness (QED) is 0.336. The summed E-state index contributed by atoms with van der Waals surface area (Å²) in [7, 11) is 0. The van der Waals surface area contributed by atoms with E-state index in [9.17, 15) is 4.79 Å². The summed E-state index contributed by atoms with van der Waals surface area (Å²) in [5, 5.41) is 5.05. The first-order valence-corrected chi connectivity index (χ1v) is 16.3. The predicted octanol–water partition coefficient (Wildman–Crippen LogP) is 4.54. The van der Waals surface area contributed by atoms with Crippen LogP contribution in [0.3, 0.4) is 0 Å². The highest BCUT2D eigenvalue weighted by molar-refractivity contribution is 6.33. The van der Waals surface area contributed by atoms with Crippen LogP contribution in [0.1, 0.15) is 50.7 Å². The van der Waals surface area contributed by atoms with E-state index in [1.807, 2.05) is 61.5 Å². The Labute approximate surface area is 273 Å². The van der Waals surface area contributed by atoms with Crippen LogP contribution >= 0.6 is 11.6 Å². The van der Waals surface area contributed by atoms with Gasteiger partial charge in [0.05, 0.1) is 12.2 Å². The van der Waals surface area contributed by atoms with Gasteiger partial charge in [-0.2, -0.15) is 0 Å². The van der Waals surface area contributed by atoms with Gasteiger partial charge in [0, 0.05) is 59.7 Å². The number of benzene rings is 2. The molecule has 0 unspecified atom stereocenters. The fraction of sp³-hybridized carbons (Fsp3) is 0.361. The van der Waals surface area contributed by atoms with Gasteiger partial charge in [-0.3, -0.25) is 9.36 Å². The molecule has 0 amide bonds. The Bertz CT molecular complexity index is 1890. The van der Waals surface area contributed by atoms with Gasteiger partial charge in [-0.25, -0.2) is 9.98 Å². The van der Waals surface area contributed by atoms with Crippen molar-refractivity contribution in [1.82, 2.24) is 9.88 Å². The molecule has 1 aromatic heterocycles. The first-order valence-electron chi connectivity index (χ1n) is 15.9. The number of halogens is 1. The molecule has 3 aliphatic heterocycles. The largest absolute Gasteiger partial charge is 0.492 e. The fourth-order valence-electron chi connectivity index (χ4n) is 5.95. The highest BCUT2D eigenvalue weighted by Gasteiger charge is 2.20. The summed E-state index contributed by atoms with van der Waals surface area (Å²) in [6.07, 6.45) is 7.48. The van der Waals surface area contributed by atoms with Crippen LogP contribution in [0, 0.1) is 0 Å². The molecule has 0 saturated carbocycles. The number of nitrogens with two attached hydrogens (primary N) is 1. The Balaban J connectivity index is 1.48. The van der Waals surface area contributed by atoms with Crippen molar-refractivity contribution in [3.8, 4) is 16.9 Å². The highest BCUT2D eigenvalue weighted by Crippen LogP contribution is 2.30. The summed E-state index contributed by atoms with van der Waals surface area (Å²) in [6.45, 7) is 7.00. The van der Waals surface area contributed by atoms with Crippen molar-refractivity contribution in [1.29, 1.82) is 0 Å². The maximum Gasteiger partial charge on any atom is 0.260 e. The van der Waals surface area contributed by atoms with E-state index in [-0.39, 0.29) is 11.6 Å². The molecule has 0 aliphatic carbocycles. The van der Waals surface area contributed by atoms with Gasteiger partial charge in [-0.1, -0.05) is 48.9 Å². The minimum atomic E-state index is -0.177. The maximum absolute atomic E-state index is 14.5. The van der Waals surface area contributed by atoms with E-state index < -0.39 is 0 Å². The van der Waals surface area contributed by atoms with E-state index in [0.717, 1.165) is 66.8 Å². The molecule has 4 heterocycles. The predicted molar refractivity (Wildman–Crippen MR) is 182 cm³/mol. The highest BCUT2D eigenvalue weighted by atomic mass is 35.5. The van der Waals surface area contributed by atoms with Crippen LogP contribution < -0.4 is 32.1 Å². The molecule has 3 aliphatic rings. The lowest BCUT2D eigenvalue weighted by atomic mass is 10.0. The van der Waals surface area contributed by atoms with E-state index in [2.05, 4.69) is 23.3 Å². The van der Waals surface area contributed by atoms with Crippen molar-refractivity contribution in [2.75, 3.05) is 33.0 Å². The number of fused-ring (bicyclic) bond motifs is 1. The molecule has 46 heavy (non-hydrogen) atoms. The van der Waals surface area contributed by atoms with Gasteiger partial charge in [-0.05, 0) is 67.2 Å². The van der Waals surface area contributed by atoms with E-state index in [4.69, 9.17) is 36.5 Å². The summed E-state index contributed by atoms with van der Waals surface area (Å²) in [6, 6.07) is 15.7. The number of nitrogens with zero attached hydrogens (tertiary/aromatic N) is 3. The third-order valence-electron chi connectivity index (χ3n) is 8.43. The molecule has 3 N–H and O–H groups in total. The average Bonchev–Trinajstić information content (AvgIpc) is 3.24. The number of hydrogen-bond donors (Lipinski definition) is 2. The second-order valence-corrected chi connectivity index (χ2v) is 12.0. The maximum atomic E-state index is 14.5. The lowest BCUT2D eigenvalue weighted by Crippen LogP contribution is -2.45. The summed E-state index contributed by atoms with van der Waals surface area (Å²) in [4.78, 5) is 24.2. The van der Waals surface area contributed by atoms with Crippen LogP contribution in [0.5, 0.6) is 5.75 Å². The normalized spacial score (nSPS) is 16.7. The molecule has 0 radical (unpaired) electrons. The number of nitrogens with one attached hydrogen (secondary N) is 1. The van der Waals surface area contributed by atoms with Crippen molar-refractivity contribution in [3.63, 3.8) is 0 Å². The third-order valence-corrected chi connectivity index (χ3v) is 8.74. The average molecular weight is 642 g/mol. The lowest BCUT2D eigenvalue weighted by Gasteiger charge is -2.25. The van der Waals surface area contributed by atoms with Crippen LogP contribution in [-0.4, -0.2) is 49.5 Å². The summed E-state index contributed by atoms with van der Waals surface area (Å²) >= 11 is 6.92. The molecule has 0 atom stereocenters.